The summed E-state index contributed by atoms with van der Waals surface area (Å²) >= 11 is 0. The van der Waals surface area contributed by atoms with E-state index < -0.39 is 10.0 Å². The van der Waals surface area contributed by atoms with Crippen molar-refractivity contribution >= 4 is 10.0 Å². The monoisotopic (exact) mass is 185 g/mol. The summed E-state index contributed by atoms with van der Waals surface area (Å²) in [5.74, 6) is 0. The SMILES string of the molecule is [CH2-][NH2+]S(=O)(=O)c1cccc(C)c1. The summed E-state index contributed by atoms with van der Waals surface area (Å²) in [5.41, 5.74) is 0.929. The molecule has 0 bridgehead atoms. The zero-order valence-corrected chi connectivity index (χ0v) is 7.64. The molecule has 4 heteroatoms. The van der Waals surface area contributed by atoms with Crippen LogP contribution >= 0.6 is 0 Å². The number of nitrogens with two attached hydrogens (primary N) is 1. The molecule has 0 aliphatic rings. The molecule has 0 heterocycles. The van der Waals surface area contributed by atoms with Crippen LogP contribution in [0, 0.1) is 14.0 Å². The maximum atomic E-state index is 11.2. The smallest absolute Gasteiger partial charge is 0.299 e. The van der Waals surface area contributed by atoms with E-state index in [-0.39, 0.29) is 0 Å². The number of hydrogen-bond donors (Lipinski definition) is 1. The quantitative estimate of drug-likeness (QED) is 0.661. The second kappa shape index (κ2) is 3.25. The van der Waals surface area contributed by atoms with E-state index >= 15 is 0 Å². The molecular weight excluding hydrogens is 174 g/mol. The Morgan fingerprint density at radius 3 is 2.58 bits per heavy atom. The van der Waals surface area contributed by atoms with Crippen molar-refractivity contribution in [1.29, 1.82) is 0 Å². The first-order valence-corrected chi connectivity index (χ1v) is 5.05. The average Bonchev–Trinajstić information content (AvgIpc) is 2.05. The topological polar surface area (TPSA) is 50.8 Å². The zero-order valence-electron chi connectivity index (χ0n) is 6.82. The van der Waals surface area contributed by atoms with Crippen molar-refractivity contribution in [2.75, 3.05) is 0 Å². The minimum absolute atomic E-state index is 0.303. The summed E-state index contributed by atoms with van der Waals surface area (Å²) in [4.78, 5) is 0.303. The van der Waals surface area contributed by atoms with Gasteiger partial charge in [0.25, 0.3) is 10.0 Å². The summed E-state index contributed by atoms with van der Waals surface area (Å²) in [6, 6.07) is 6.74. The van der Waals surface area contributed by atoms with Crippen LogP contribution in [0.2, 0.25) is 0 Å². The third-order valence-corrected chi connectivity index (χ3v) is 2.89. The Morgan fingerprint density at radius 2 is 2.08 bits per heavy atom. The van der Waals surface area contributed by atoms with Crippen molar-refractivity contribution in [2.45, 2.75) is 11.8 Å². The first-order chi connectivity index (χ1) is 5.56. The van der Waals surface area contributed by atoms with Crippen molar-refractivity contribution in [1.82, 2.24) is 0 Å². The van der Waals surface area contributed by atoms with Gasteiger partial charge < -0.3 is 4.72 Å². The van der Waals surface area contributed by atoms with Gasteiger partial charge in [0.2, 0.25) is 0 Å². The Bertz CT molecular complexity index is 370. The van der Waals surface area contributed by atoms with E-state index in [2.05, 4.69) is 7.05 Å². The van der Waals surface area contributed by atoms with Crippen LogP contribution in [0.5, 0.6) is 0 Å². The molecule has 2 N–H and O–H groups in total. The van der Waals surface area contributed by atoms with Crippen molar-refractivity contribution < 1.29 is 13.1 Å². The van der Waals surface area contributed by atoms with Gasteiger partial charge in [0.15, 0.2) is 0 Å². The lowest BCUT2D eigenvalue weighted by molar-refractivity contribution is -0.424. The minimum Gasteiger partial charge on any atom is -0.367 e. The number of aryl methyl sites for hydroxylation is 1. The highest BCUT2D eigenvalue weighted by atomic mass is 32.2. The number of rotatable bonds is 2. The van der Waals surface area contributed by atoms with Gasteiger partial charge in [-0.2, -0.15) is 8.42 Å². The van der Waals surface area contributed by atoms with Gasteiger partial charge >= 0.3 is 0 Å². The van der Waals surface area contributed by atoms with Gasteiger partial charge in [-0.05, 0) is 24.6 Å². The lowest BCUT2D eigenvalue weighted by Gasteiger charge is -2.02. The van der Waals surface area contributed by atoms with E-state index in [1.807, 2.05) is 13.0 Å². The molecule has 0 saturated heterocycles. The molecule has 1 aromatic rings. The number of primary sulfonamides is 1. The molecule has 0 fully saturated rings. The van der Waals surface area contributed by atoms with Crippen LogP contribution in [-0.2, 0) is 10.0 Å². The molecule has 1 aromatic carbocycles. The standard InChI is InChI=1S/C8H11NO2S/c1-7-4-3-5-8(6-7)12(10,11)9-2/h3-6H,2,9H2,1H3. The Kier molecular flexibility index (Phi) is 2.49. The molecule has 0 spiro atoms. The number of sulfonamides is 1. The summed E-state index contributed by atoms with van der Waals surface area (Å²) < 4.78 is 23.4. The fourth-order valence-electron chi connectivity index (χ4n) is 0.889. The van der Waals surface area contributed by atoms with Gasteiger partial charge in [-0.25, -0.2) is 0 Å². The van der Waals surface area contributed by atoms with Gasteiger partial charge in [-0.3, -0.25) is 0 Å². The molecule has 66 valence electrons. The van der Waals surface area contributed by atoms with E-state index in [0.717, 1.165) is 10.3 Å². The highest BCUT2D eigenvalue weighted by molar-refractivity contribution is 7.84. The predicted octanol–water partition coefficient (Wildman–Crippen LogP) is 0.0387. The Balaban J connectivity index is 3.21. The third kappa shape index (κ3) is 1.84. The van der Waals surface area contributed by atoms with Crippen molar-refractivity contribution in [3.05, 3.63) is 36.9 Å². The predicted molar refractivity (Wildman–Crippen MR) is 45.6 cm³/mol. The summed E-state index contributed by atoms with van der Waals surface area (Å²) in [6.45, 7) is 1.85. The number of benzene rings is 1. The number of quaternary nitrogens is 1. The molecule has 0 aliphatic heterocycles. The highest BCUT2D eigenvalue weighted by Gasteiger charge is 2.11. The largest absolute Gasteiger partial charge is 0.367 e. The average molecular weight is 185 g/mol. The molecule has 0 aliphatic carbocycles. The van der Waals surface area contributed by atoms with Gasteiger partial charge in [-0.1, -0.05) is 12.1 Å². The van der Waals surface area contributed by atoms with E-state index in [4.69, 9.17) is 0 Å². The van der Waals surface area contributed by atoms with Gasteiger partial charge in [0, 0.05) is 0 Å². The van der Waals surface area contributed by atoms with Crippen LogP contribution in [0.15, 0.2) is 29.2 Å². The first kappa shape index (κ1) is 9.22. The van der Waals surface area contributed by atoms with Crippen LogP contribution < -0.4 is 4.72 Å². The summed E-state index contributed by atoms with van der Waals surface area (Å²) in [7, 11) is -0.00636. The second-order valence-electron chi connectivity index (χ2n) is 2.53. The highest BCUT2D eigenvalue weighted by Crippen LogP contribution is 2.07. The molecule has 0 amide bonds. The summed E-state index contributed by atoms with van der Waals surface area (Å²) in [6.07, 6.45) is 0. The normalized spacial score (nSPS) is 11.5. The van der Waals surface area contributed by atoms with E-state index in [1.54, 1.807) is 18.2 Å². The third-order valence-electron chi connectivity index (χ3n) is 1.54. The lowest BCUT2D eigenvalue weighted by Crippen LogP contribution is -2.80. The van der Waals surface area contributed by atoms with Crippen LogP contribution in [0.1, 0.15) is 5.56 Å². The van der Waals surface area contributed by atoms with E-state index in [9.17, 15) is 8.42 Å². The first-order valence-electron chi connectivity index (χ1n) is 3.50. The summed E-state index contributed by atoms with van der Waals surface area (Å²) in [5, 5.41) is 0. The number of hydrogen-bond acceptors (Lipinski definition) is 2. The minimum atomic E-state index is -3.26. The maximum absolute atomic E-state index is 11.2. The van der Waals surface area contributed by atoms with Crippen molar-refractivity contribution in [2.24, 2.45) is 0 Å². The molecular formula is C8H11NO2S. The Labute approximate surface area is 72.5 Å². The fraction of sp³-hybridized carbons (Fsp3) is 0.125. The van der Waals surface area contributed by atoms with Gasteiger partial charge in [0.05, 0.1) is 0 Å². The molecule has 0 radical (unpaired) electrons. The van der Waals surface area contributed by atoms with E-state index in [1.165, 1.54) is 0 Å². The van der Waals surface area contributed by atoms with Crippen LogP contribution in [-0.4, -0.2) is 8.42 Å². The zero-order chi connectivity index (χ0) is 9.19. The Morgan fingerprint density at radius 1 is 1.42 bits per heavy atom. The van der Waals surface area contributed by atoms with Crippen molar-refractivity contribution in [3.8, 4) is 0 Å². The van der Waals surface area contributed by atoms with Gasteiger partial charge in [0.1, 0.15) is 4.90 Å². The van der Waals surface area contributed by atoms with Crippen LogP contribution in [0.3, 0.4) is 0 Å². The molecule has 0 atom stereocenters. The van der Waals surface area contributed by atoms with E-state index in [0.29, 0.717) is 4.90 Å². The fourth-order valence-corrected chi connectivity index (χ4v) is 1.70. The Hall–Kier alpha value is -0.870. The molecule has 3 nitrogen and oxygen atoms in total. The second-order valence-corrected chi connectivity index (χ2v) is 4.42. The molecule has 0 saturated carbocycles. The van der Waals surface area contributed by atoms with Gasteiger partial charge in [-0.15, -0.1) is 7.05 Å². The lowest BCUT2D eigenvalue weighted by atomic mass is 10.2. The molecule has 1 rings (SSSR count). The molecule has 12 heavy (non-hydrogen) atoms. The van der Waals surface area contributed by atoms with Crippen LogP contribution in [0.25, 0.3) is 0 Å². The van der Waals surface area contributed by atoms with Crippen LogP contribution in [0.4, 0.5) is 0 Å². The molecule has 0 aromatic heterocycles. The van der Waals surface area contributed by atoms with Crippen molar-refractivity contribution in [3.63, 3.8) is 0 Å². The molecule has 0 unspecified atom stereocenters. The maximum Gasteiger partial charge on any atom is 0.299 e.